The van der Waals surface area contributed by atoms with E-state index < -0.39 is 17.4 Å². The van der Waals surface area contributed by atoms with Crippen LogP contribution in [0.15, 0.2) is 56.1 Å². The lowest BCUT2D eigenvalue weighted by molar-refractivity contribution is -0.144. The van der Waals surface area contributed by atoms with Crippen LogP contribution in [-0.4, -0.2) is 5.97 Å². The molecule has 0 unspecified atom stereocenters. The van der Waals surface area contributed by atoms with Crippen LogP contribution >= 0.6 is 27.5 Å². The molecule has 1 aromatic heterocycles. The third-order valence-corrected chi connectivity index (χ3v) is 4.41. The Labute approximate surface area is 155 Å². The predicted octanol–water partition coefficient (Wildman–Crippen LogP) is 4.63. The quantitative estimate of drug-likeness (QED) is 0.452. The van der Waals surface area contributed by atoms with Crippen molar-refractivity contribution >= 4 is 44.5 Å². The Morgan fingerprint density at radius 3 is 2.80 bits per heavy atom. The molecule has 0 atom stereocenters. The van der Waals surface area contributed by atoms with Gasteiger partial charge in [-0.3, -0.25) is 4.79 Å². The van der Waals surface area contributed by atoms with Crippen molar-refractivity contribution in [2.24, 2.45) is 0 Å². The van der Waals surface area contributed by atoms with Gasteiger partial charge in [0.05, 0.1) is 6.42 Å². The van der Waals surface area contributed by atoms with E-state index in [1.807, 2.05) is 0 Å². The number of hydrogen-bond donors (Lipinski definition) is 0. The van der Waals surface area contributed by atoms with E-state index in [9.17, 15) is 14.0 Å². The van der Waals surface area contributed by atoms with Crippen molar-refractivity contribution in [3.8, 4) is 0 Å². The predicted molar refractivity (Wildman–Crippen MR) is 95.1 cm³/mol. The van der Waals surface area contributed by atoms with Crippen molar-refractivity contribution in [2.75, 3.05) is 0 Å². The van der Waals surface area contributed by atoms with Crippen LogP contribution in [0.1, 0.15) is 11.1 Å². The first kappa shape index (κ1) is 17.6. The Kier molecular flexibility index (Phi) is 5.20. The summed E-state index contributed by atoms with van der Waals surface area (Å²) in [6.07, 6.45) is -0.295. The number of benzene rings is 2. The highest BCUT2D eigenvalue weighted by atomic mass is 79.9. The van der Waals surface area contributed by atoms with Crippen molar-refractivity contribution < 1.29 is 18.3 Å². The van der Waals surface area contributed by atoms with Gasteiger partial charge in [-0.1, -0.05) is 33.6 Å². The topological polar surface area (TPSA) is 56.5 Å². The number of esters is 1. The second kappa shape index (κ2) is 7.37. The summed E-state index contributed by atoms with van der Waals surface area (Å²) < 4.78 is 24.8. The van der Waals surface area contributed by atoms with E-state index in [2.05, 4.69) is 15.9 Å². The van der Waals surface area contributed by atoms with E-state index in [0.717, 1.165) is 4.47 Å². The number of ether oxygens (including phenoxy) is 1. The molecule has 0 saturated heterocycles. The molecule has 0 fully saturated rings. The fourth-order valence-electron chi connectivity index (χ4n) is 2.38. The molecule has 7 heteroatoms. The lowest BCUT2D eigenvalue weighted by atomic mass is 10.1. The molecule has 0 amide bonds. The van der Waals surface area contributed by atoms with Gasteiger partial charge in [-0.2, -0.15) is 0 Å². The standard InChI is InChI=1S/C18H11BrClFO4/c19-11-4-5-12-10(6-18(23)25-16(12)7-11)9-24-17(22)8-13-14(20)2-1-3-15(13)21/h1-7H,8-9H2. The summed E-state index contributed by atoms with van der Waals surface area (Å²) in [6.45, 7) is -0.130. The molecule has 0 bridgehead atoms. The minimum Gasteiger partial charge on any atom is -0.461 e. The van der Waals surface area contributed by atoms with Crippen molar-refractivity contribution in [3.05, 3.63) is 79.3 Å². The van der Waals surface area contributed by atoms with Gasteiger partial charge in [-0.05, 0) is 30.3 Å². The van der Waals surface area contributed by atoms with E-state index >= 15 is 0 Å². The summed E-state index contributed by atoms with van der Waals surface area (Å²) >= 11 is 9.20. The number of fused-ring (bicyclic) bond motifs is 1. The molecule has 3 aromatic rings. The first-order chi connectivity index (χ1) is 11.9. The Morgan fingerprint density at radius 1 is 1.24 bits per heavy atom. The fourth-order valence-corrected chi connectivity index (χ4v) is 2.95. The van der Waals surface area contributed by atoms with Gasteiger partial charge in [-0.25, -0.2) is 9.18 Å². The zero-order chi connectivity index (χ0) is 18.0. The van der Waals surface area contributed by atoms with Gasteiger partial charge in [0.15, 0.2) is 0 Å². The van der Waals surface area contributed by atoms with E-state index in [1.54, 1.807) is 18.2 Å². The van der Waals surface area contributed by atoms with Crippen LogP contribution in [0.25, 0.3) is 11.0 Å². The van der Waals surface area contributed by atoms with Gasteiger partial charge in [-0.15, -0.1) is 0 Å². The number of rotatable bonds is 4. The molecular formula is C18H11BrClFO4. The largest absolute Gasteiger partial charge is 0.461 e. The Morgan fingerprint density at radius 2 is 2.04 bits per heavy atom. The summed E-state index contributed by atoms with van der Waals surface area (Å²) in [7, 11) is 0. The van der Waals surface area contributed by atoms with Crippen molar-refractivity contribution in [1.29, 1.82) is 0 Å². The summed E-state index contributed by atoms with van der Waals surface area (Å²) in [5, 5.41) is 0.812. The second-order valence-corrected chi connectivity index (χ2v) is 6.59. The van der Waals surface area contributed by atoms with Crippen LogP contribution in [0.5, 0.6) is 0 Å². The molecule has 0 spiro atoms. The summed E-state index contributed by atoms with van der Waals surface area (Å²) in [4.78, 5) is 23.7. The average Bonchev–Trinajstić information content (AvgIpc) is 2.55. The van der Waals surface area contributed by atoms with Crippen LogP contribution in [0, 0.1) is 5.82 Å². The van der Waals surface area contributed by atoms with E-state index in [1.165, 1.54) is 24.3 Å². The highest BCUT2D eigenvalue weighted by molar-refractivity contribution is 9.10. The lowest BCUT2D eigenvalue weighted by Crippen LogP contribution is -2.11. The van der Waals surface area contributed by atoms with E-state index in [-0.39, 0.29) is 23.6 Å². The zero-order valence-electron chi connectivity index (χ0n) is 12.7. The molecule has 0 radical (unpaired) electrons. The smallest absolute Gasteiger partial charge is 0.336 e. The molecule has 25 heavy (non-hydrogen) atoms. The second-order valence-electron chi connectivity index (χ2n) is 5.27. The monoisotopic (exact) mass is 424 g/mol. The number of hydrogen-bond acceptors (Lipinski definition) is 4. The van der Waals surface area contributed by atoms with Crippen molar-refractivity contribution in [1.82, 2.24) is 0 Å². The normalized spacial score (nSPS) is 10.8. The fraction of sp³-hybridized carbons (Fsp3) is 0.111. The van der Waals surface area contributed by atoms with Crippen LogP contribution < -0.4 is 5.63 Å². The van der Waals surface area contributed by atoms with Crippen molar-refractivity contribution in [2.45, 2.75) is 13.0 Å². The third kappa shape index (κ3) is 4.08. The maximum Gasteiger partial charge on any atom is 0.336 e. The summed E-state index contributed by atoms with van der Waals surface area (Å²) in [5.41, 5.74) is 0.418. The molecule has 1 heterocycles. The van der Waals surface area contributed by atoms with Crippen LogP contribution in [0.2, 0.25) is 5.02 Å². The average molecular weight is 426 g/mol. The molecule has 0 aliphatic heterocycles. The maximum atomic E-state index is 13.7. The van der Waals surface area contributed by atoms with Crippen molar-refractivity contribution in [3.63, 3.8) is 0 Å². The van der Waals surface area contributed by atoms with Gasteiger partial charge >= 0.3 is 11.6 Å². The molecule has 3 rings (SSSR count). The molecule has 0 saturated carbocycles. The summed E-state index contributed by atoms with van der Waals surface area (Å²) in [6, 6.07) is 10.6. The van der Waals surface area contributed by atoms with Crippen LogP contribution in [0.3, 0.4) is 0 Å². The number of carbonyl (C=O) groups excluding carboxylic acids is 1. The molecule has 128 valence electrons. The number of halogens is 3. The maximum absolute atomic E-state index is 13.7. The number of carbonyl (C=O) groups is 1. The molecule has 0 N–H and O–H groups in total. The van der Waals surface area contributed by atoms with Gasteiger partial charge in [0, 0.05) is 32.1 Å². The van der Waals surface area contributed by atoms with Gasteiger partial charge in [0.2, 0.25) is 0 Å². The van der Waals surface area contributed by atoms with Gasteiger partial charge in [0.25, 0.3) is 0 Å². The van der Waals surface area contributed by atoms with E-state index in [0.29, 0.717) is 16.5 Å². The molecule has 0 aliphatic carbocycles. The minimum absolute atomic E-state index is 0.0792. The Hall–Kier alpha value is -2.18. The zero-order valence-corrected chi connectivity index (χ0v) is 15.1. The Bertz CT molecular complexity index is 995. The molecule has 2 aromatic carbocycles. The highest BCUT2D eigenvalue weighted by Gasteiger charge is 2.14. The lowest BCUT2D eigenvalue weighted by Gasteiger charge is -2.09. The summed E-state index contributed by atoms with van der Waals surface area (Å²) in [5.74, 6) is -1.22. The third-order valence-electron chi connectivity index (χ3n) is 3.56. The molecular weight excluding hydrogens is 415 g/mol. The van der Waals surface area contributed by atoms with E-state index in [4.69, 9.17) is 20.8 Å². The van der Waals surface area contributed by atoms with Gasteiger partial charge in [0.1, 0.15) is 18.0 Å². The molecule has 4 nitrogen and oxygen atoms in total. The molecule has 0 aliphatic rings. The van der Waals surface area contributed by atoms with Crippen LogP contribution in [0.4, 0.5) is 4.39 Å². The Balaban J connectivity index is 1.79. The first-order valence-electron chi connectivity index (χ1n) is 7.25. The first-order valence-corrected chi connectivity index (χ1v) is 8.42. The highest BCUT2D eigenvalue weighted by Crippen LogP contribution is 2.23. The SMILES string of the molecule is O=C(Cc1c(F)cccc1Cl)OCc1cc(=O)oc2cc(Br)ccc12. The van der Waals surface area contributed by atoms with Crippen LogP contribution in [-0.2, 0) is 22.6 Å². The minimum atomic E-state index is -0.648. The van der Waals surface area contributed by atoms with Gasteiger partial charge < -0.3 is 9.15 Å².